The number of furan rings is 1. The van der Waals surface area contributed by atoms with Crippen molar-refractivity contribution in [2.75, 3.05) is 7.11 Å². The number of ether oxygens (including phenoxy) is 1. The SMILES string of the molecule is CC(C)(C)N(NC(=O)c1ccc(Cl)cc1)C(=O)c1ccccc1.CCc1ccc(C(=O)NN(C(=O)c2cc(C)cc(C)c2)C(C)(C)C)cc1.CCc1ccc(C(=O)NN(C(=O)c2cc(C)cc(C)c2)C(C)(C)C)cc1.COc1cccc(C(=O)NN(C(=O)c2cc(C)cc(C)c2)C(C)(C)C)c1C.c1ccoc1. The van der Waals surface area contributed by atoms with E-state index in [9.17, 15) is 38.4 Å². The van der Waals surface area contributed by atoms with Crippen LogP contribution < -0.4 is 26.4 Å². The summed E-state index contributed by atoms with van der Waals surface area (Å²) in [6, 6.07) is 56.3. The Morgan fingerprint density at radius 1 is 0.346 bits per heavy atom. The van der Waals surface area contributed by atoms with Crippen molar-refractivity contribution < 1.29 is 47.5 Å². The predicted molar refractivity (Wildman–Crippen MR) is 427 cm³/mol. The maximum Gasteiger partial charge on any atom is 0.272 e. The minimum Gasteiger partial charge on any atom is -0.496 e. The molecule has 566 valence electrons. The van der Waals surface area contributed by atoms with Crippen LogP contribution in [0.3, 0.4) is 0 Å². The first-order valence-corrected chi connectivity index (χ1v) is 35.9. The van der Waals surface area contributed by atoms with Gasteiger partial charge in [-0.1, -0.05) is 126 Å². The molecule has 1 heterocycles. The first kappa shape index (κ1) is 86.5. The summed E-state index contributed by atoms with van der Waals surface area (Å²) in [6.07, 6.45) is 5.09. The van der Waals surface area contributed by atoms with Crippen molar-refractivity contribution in [3.05, 3.63) is 300 Å². The standard InChI is InChI=1S/C22H28N2O3.2C22H28N2O2.C18H19ClN2O2.C4H4O/c1-14-11-15(2)13-17(12-14)21(26)24(22(4,5)6)23-20(25)18-9-8-10-19(27-7)16(18)3;2*1-7-17-8-10-18(11-9-17)20(25)23-24(22(4,5)6)21(26)19-13-15(2)12-16(3)14-19;1-18(2,3)21(17(23)14-7-5-4-6-8-14)20-16(22)13-9-11-15(19)12-10-13;1-2-4-5-3-1/h8-13H,1-7H3,(H,23,25);2*8-14H,7H2,1-6H3,(H,23,25);4-12H,1-3H3,(H,20,22);1-4H. The molecule has 0 unspecified atom stereocenters. The van der Waals surface area contributed by atoms with Crippen LogP contribution in [0.1, 0.15) is 230 Å². The predicted octanol–water partition coefficient (Wildman–Crippen LogP) is 18.3. The molecule has 9 aromatic rings. The maximum atomic E-state index is 13.2. The van der Waals surface area contributed by atoms with Crippen molar-refractivity contribution in [2.45, 2.75) is 180 Å². The Bertz CT molecular complexity index is 4270. The van der Waals surface area contributed by atoms with E-state index < -0.39 is 22.2 Å². The highest BCUT2D eigenvalue weighted by atomic mass is 35.5. The third kappa shape index (κ3) is 26.5. The van der Waals surface area contributed by atoms with E-state index in [0.717, 1.165) is 51.8 Å². The lowest BCUT2D eigenvalue weighted by Crippen LogP contribution is -2.56. The van der Waals surface area contributed by atoms with E-state index in [1.807, 2.05) is 229 Å². The molecular weight excluding hydrogens is 1360 g/mol. The third-order valence-electron chi connectivity index (χ3n) is 16.3. The summed E-state index contributed by atoms with van der Waals surface area (Å²) in [5.41, 5.74) is 22.1. The molecule has 0 spiro atoms. The second-order valence-electron chi connectivity index (χ2n) is 30.0. The molecule has 0 atom stereocenters. The molecule has 0 fully saturated rings. The summed E-state index contributed by atoms with van der Waals surface area (Å²) in [5, 5.41) is 6.12. The third-order valence-corrected chi connectivity index (χ3v) is 16.6. The Morgan fingerprint density at radius 3 is 0.907 bits per heavy atom. The Balaban J connectivity index is 0.000000250. The molecule has 19 heteroatoms. The van der Waals surface area contributed by atoms with Gasteiger partial charge in [0, 0.05) is 55.1 Å². The summed E-state index contributed by atoms with van der Waals surface area (Å²) >= 11 is 5.83. The van der Waals surface area contributed by atoms with E-state index in [1.54, 1.807) is 111 Å². The van der Waals surface area contributed by atoms with Crippen LogP contribution in [-0.4, -0.2) is 96.6 Å². The topological polar surface area (TPSA) is 220 Å². The average molecular weight is 1470 g/mol. The van der Waals surface area contributed by atoms with Gasteiger partial charge < -0.3 is 9.15 Å². The quantitative estimate of drug-likeness (QED) is 0.0897. The number of amides is 8. The van der Waals surface area contributed by atoms with Crippen molar-refractivity contribution in [3.8, 4) is 5.75 Å². The number of benzene rings is 8. The van der Waals surface area contributed by atoms with Crippen molar-refractivity contribution in [2.24, 2.45) is 0 Å². The molecule has 1 aromatic heterocycles. The number of carbonyl (C=O) groups excluding carboxylic acids is 8. The van der Waals surface area contributed by atoms with Gasteiger partial charge in [-0.05, 0) is 277 Å². The Hall–Kier alpha value is -11.1. The molecule has 0 aliphatic heterocycles. The number of carbonyl (C=O) groups is 8. The fraction of sp³-hybridized carbons (Fsp3) is 0.318. The van der Waals surface area contributed by atoms with Gasteiger partial charge in [0.1, 0.15) is 5.75 Å². The number of methoxy groups -OCH3 is 1. The minimum absolute atomic E-state index is 0.220. The van der Waals surface area contributed by atoms with Crippen molar-refractivity contribution >= 4 is 58.9 Å². The van der Waals surface area contributed by atoms with Crippen molar-refractivity contribution in [1.82, 2.24) is 41.7 Å². The molecule has 0 bridgehead atoms. The van der Waals surface area contributed by atoms with Gasteiger partial charge in [-0.25, -0.2) is 20.0 Å². The molecule has 0 saturated carbocycles. The highest BCUT2D eigenvalue weighted by molar-refractivity contribution is 6.30. The molecule has 18 nitrogen and oxygen atoms in total. The van der Waals surface area contributed by atoms with Gasteiger partial charge in [0.2, 0.25) is 0 Å². The summed E-state index contributed by atoms with van der Waals surface area (Å²) in [6.45, 7) is 40.3. The lowest BCUT2D eigenvalue weighted by atomic mass is 10.0. The zero-order valence-corrected chi connectivity index (χ0v) is 67.0. The second-order valence-corrected chi connectivity index (χ2v) is 30.5. The van der Waals surface area contributed by atoms with E-state index in [4.69, 9.17) is 16.3 Å². The van der Waals surface area contributed by atoms with Crippen molar-refractivity contribution in [1.29, 1.82) is 0 Å². The number of rotatable bonds is 11. The minimum atomic E-state index is -0.600. The molecular formula is C88H107ClN8O10. The van der Waals surface area contributed by atoms with Gasteiger partial charge in [-0.3, -0.25) is 60.1 Å². The van der Waals surface area contributed by atoms with Crippen LogP contribution in [0.4, 0.5) is 0 Å². The number of hydrazine groups is 4. The number of nitrogens with zero attached hydrogens (tertiary/aromatic N) is 4. The van der Waals surface area contributed by atoms with Crippen LogP contribution >= 0.6 is 11.6 Å². The van der Waals surface area contributed by atoms with Crippen LogP contribution in [0, 0.1) is 48.5 Å². The fourth-order valence-electron chi connectivity index (χ4n) is 10.8. The average Bonchev–Trinajstić information content (AvgIpc) is 0.830. The van der Waals surface area contributed by atoms with Gasteiger partial charge in [0.25, 0.3) is 47.3 Å². The van der Waals surface area contributed by atoms with Gasteiger partial charge >= 0.3 is 0 Å². The fourth-order valence-corrected chi connectivity index (χ4v) is 11.0. The Labute approximate surface area is 638 Å². The smallest absolute Gasteiger partial charge is 0.272 e. The van der Waals surface area contributed by atoms with Crippen LogP contribution in [-0.2, 0) is 12.8 Å². The number of hydrogen-bond donors (Lipinski definition) is 4. The van der Waals surface area contributed by atoms with Gasteiger partial charge in [0.05, 0.1) is 41.8 Å². The largest absolute Gasteiger partial charge is 0.496 e. The molecule has 4 N–H and O–H groups in total. The van der Waals surface area contributed by atoms with Crippen LogP contribution in [0.2, 0.25) is 5.02 Å². The van der Waals surface area contributed by atoms with Crippen LogP contribution in [0.15, 0.2) is 205 Å². The Morgan fingerprint density at radius 2 is 0.636 bits per heavy atom. The van der Waals surface area contributed by atoms with Gasteiger partial charge in [-0.15, -0.1) is 0 Å². The summed E-state index contributed by atoms with van der Waals surface area (Å²) < 4.78 is 9.87. The van der Waals surface area contributed by atoms with Crippen LogP contribution in [0.25, 0.3) is 0 Å². The number of aryl methyl sites for hydroxylation is 8. The lowest BCUT2D eigenvalue weighted by Gasteiger charge is -2.35. The van der Waals surface area contributed by atoms with Crippen molar-refractivity contribution in [3.63, 3.8) is 0 Å². The summed E-state index contributed by atoms with van der Waals surface area (Å²) in [4.78, 5) is 103. The second kappa shape index (κ2) is 38.8. The monoisotopic (exact) mass is 1470 g/mol. The molecule has 8 amide bonds. The van der Waals surface area contributed by atoms with Gasteiger partial charge in [0.15, 0.2) is 0 Å². The Kier molecular flexibility index (Phi) is 31.4. The van der Waals surface area contributed by atoms with Crippen LogP contribution in [0.5, 0.6) is 5.75 Å². The molecule has 0 saturated heterocycles. The number of halogens is 1. The molecule has 0 aliphatic rings. The number of hydrogen-bond acceptors (Lipinski definition) is 10. The first-order valence-electron chi connectivity index (χ1n) is 35.5. The number of nitrogens with one attached hydrogen (secondary N) is 4. The van der Waals surface area contributed by atoms with Gasteiger partial charge in [-0.2, -0.15) is 0 Å². The lowest BCUT2D eigenvalue weighted by molar-refractivity contribution is 0.0356. The highest BCUT2D eigenvalue weighted by Gasteiger charge is 2.34. The molecule has 107 heavy (non-hydrogen) atoms. The zero-order valence-electron chi connectivity index (χ0n) is 66.2. The molecule has 0 aliphatic carbocycles. The van der Waals surface area contributed by atoms with E-state index in [2.05, 4.69) is 40.0 Å². The maximum absolute atomic E-state index is 13.2. The van der Waals surface area contributed by atoms with E-state index in [0.29, 0.717) is 55.3 Å². The zero-order chi connectivity index (χ0) is 79.9. The normalized spacial score (nSPS) is 10.9. The highest BCUT2D eigenvalue weighted by Crippen LogP contribution is 2.26. The molecule has 0 radical (unpaired) electrons. The first-order chi connectivity index (χ1) is 50.1. The van der Waals surface area contributed by atoms with E-state index in [1.165, 1.54) is 31.2 Å². The summed E-state index contributed by atoms with van der Waals surface area (Å²) in [5.74, 6) is -1.61. The summed E-state index contributed by atoms with van der Waals surface area (Å²) in [7, 11) is 1.56. The molecule has 8 aromatic carbocycles. The van der Waals surface area contributed by atoms with E-state index in [-0.39, 0.29) is 47.3 Å². The van der Waals surface area contributed by atoms with E-state index >= 15 is 0 Å². The molecule has 9 rings (SSSR count).